The highest BCUT2D eigenvalue weighted by atomic mass is 32.1. The summed E-state index contributed by atoms with van der Waals surface area (Å²) >= 11 is 1.48. The fraction of sp³-hybridized carbons (Fsp3) is 0.222. The van der Waals surface area contributed by atoms with Crippen LogP contribution in [-0.2, 0) is 28.9 Å². The molecule has 0 atom stereocenters. The van der Waals surface area contributed by atoms with Gasteiger partial charge in [-0.2, -0.15) is 5.10 Å². The maximum atomic E-state index is 11.7. The van der Waals surface area contributed by atoms with Crippen LogP contribution in [0.3, 0.4) is 0 Å². The highest BCUT2D eigenvalue weighted by molar-refractivity contribution is 7.19. The Labute approximate surface area is 213 Å². The van der Waals surface area contributed by atoms with E-state index in [-0.39, 0.29) is 5.91 Å². The first-order chi connectivity index (χ1) is 17.6. The Morgan fingerprint density at radius 3 is 2.78 bits per heavy atom. The smallest absolute Gasteiger partial charge is 0.223 e. The number of thiazole rings is 1. The second-order valence-electron chi connectivity index (χ2n) is 8.44. The maximum absolute atomic E-state index is 11.7. The molecule has 0 bridgehead atoms. The van der Waals surface area contributed by atoms with Gasteiger partial charge in [0.2, 0.25) is 5.91 Å². The number of carbonyl (C=O) groups is 1. The van der Waals surface area contributed by atoms with E-state index in [2.05, 4.69) is 39.2 Å². The van der Waals surface area contributed by atoms with Crippen LogP contribution in [0.4, 0.5) is 5.13 Å². The standard InChI is InChI=1S/C27H26N6O2S/c1-4-5-6-20-10-9-19(16-28-20)24-22-13-14-23-26(36-27(31-23)30-17(2)34)25(22)33(32-24)21-11-7-18(8-12-21)15-29-35-3/h4,7-12,15-16H,1,5-6,13-14H2,2-3H3,(H,30,31,34)/b29-15+. The Morgan fingerprint density at radius 1 is 1.25 bits per heavy atom. The number of nitrogens with one attached hydrogen (secondary N) is 1. The Kier molecular flexibility index (Phi) is 6.73. The third-order valence-electron chi connectivity index (χ3n) is 5.94. The van der Waals surface area contributed by atoms with Crippen molar-refractivity contribution in [3.05, 3.63) is 77.8 Å². The van der Waals surface area contributed by atoms with Crippen molar-refractivity contribution in [1.82, 2.24) is 19.7 Å². The molecule has 1 aliphatic rings. The SMILES string of the molecule is C=CCCc1ccc(-c2nn(-c3ccc(/C=N/OC)cc3)c3c2CCc2nc(NC(C)=O)sc2-3)cn1. The molecule has 182 valence electrons. The molecule has 3 aromatic heterocycles. The number of oxime groups is 1. The van der Waals surface area contributed by atoms with Crippen LogP contribution in [0.25, 0.3) is 27.5 Å². The fourth-order valence-corrected chi connectivity index (χ4v) is 5.39. The summed E-state index contributed by atoms with van der Waals surface area (Å²) in [6.07, 6.45) is 8.82. The molecule has 0 radical (unpaired) electrons. The zero-order valence-electron chi connectivity index (χ0n) is 20.2. The topological polar surface area (TPSA) is 94.3 Å². The van der Waals surface area contributed by atoms with Crippen LogP contribution in [0.5, 0.6) is 0 Å². The summed E-state index contributed by atoms with van der Waals surface area (Å²) in [6.45, 7) is 5.29. The zero-order chi connectivity index (χ0) is 25.1. The molecule has 0 unspecified atom stereocenters. The second-order valence-corrected chi connectivity index (χ2v) is 9.44. The monoisotopic (exact) mass is 498 g/mol. The molecule has 3 heterocycles. The third kappa shape index (κ3) is 4.70. The van der Waals surface area contributed by atoms with Gasteiger partial charge in [0.1, 0.15) is 7.11 Å². The molecule has 8 nitrogen and oxygen atoms in total. The molecule has 0 saturated carbocycles. The van der Waals surface area contributed by atoms with E-state index >= 15 is 0 Å². The van der Waals surface area contributed by atoms with Gasteiger partial charge < -0.3 is 10.2 Å². The summed E-state index contributed by atoms with van der Waals surface area (Å²) in [4.78, 5) is 26.8. The number of nitrogens with zero attached hydrogens (tertiary/aromatic N) is 5. The minimum absolute atomic E-state index is 0.133. The lowest BCUT2D eigenvalue weighted by atomic mass is 9.95. The van der Waals surface area contributed by atoms with Gasteiger partial charge in [-0.15, -0.1) is 6.58 Å². The normalized spacial score (nSPS) is 12.3. The number of fused-ring (bicyclic) bond motifs is 3. The number of allylic oxidation sites excluding steroid dienone is 1. The number of aromatic nitrogens is 4. The molecule has 9 heteroatoms. The van der Waals surface area contributed by atoms with Crippen molar-refractivity contribution in [2.45, 2.75) is 32.6 Å². The van der Waals surface area contributed by atoms with Gasteiger partial charge in [0, 0.05) is 29.9 Å². The lowest BCUT2D eigenvalue weighted by Crippen LogP contribution is -2.07. The number of hydrogen-bond acceptors (Lipinski definition) is 7. The van der Waals surface area contributed by atoms with E-state index in [0.717, 1.165) is 75.7 Å². The lowest BCUT2D eigenvalue weighted by Gasteiger charge is -2.14. The molecule has 5 rings (SSSR count). The maximum Gasteiger partial charge on any atom is 0.223 e. The Hall–Kier alpha value is -4.11. The molecule has 4 aromatic rings. The van der Waals surface area contributed by atoms with Gasteiger partial charge in [-0.05, 0) is 55.5 Å². The van der Waals surface area contributed by atoms with E-state index in [1.165, 1.54) is 25.4 Å². The van der Waals surface area contributed by atoms with Crippen molar-refractivity contribution < 1.29 is 9.63 Å². The van der Waals surface area contributed by atoms with Crippen LogP contribution in [0.2, 0.25) is 0 Å². The molecule has 36 heavy (non-hydrogen) atoms. The molecule has 1 amide bonds. The molecule has 0 saturated heterocycles. The van der Waals surface area contributed by atoms with Crippen LogP contribution >= 0.6 is 11.3 Å². The number of rotatable bonds is 8. The summed E-state index contributed by atoms with van der Waals surface area (Å²) in [5.74, 6) is -0.133. The van der Waals surface area contributed by atoms with Gasteiger partial charge in [-0.3, -0.25) is 9.78 Å². The number of carbonyl (C=O) groups excluding carboxylic acids is 1. The first kappa shape index (κ1) is 23.6. The van der Waals surface area contributed by atoms with E-state index in [0.29, 0.717) is 5.13 Å². The van der Waals surface area contributed by atoms with Crippen LogP contribution < -0.4 is 5.32 Å². The van der Waals surface area contributed by atoms with Crippen molar-refractivity contribution in [3.63, 3.8) is 0 Å². The van der Waals surface area contributed by atoms with Crippen LogP contribution in [0.15, 0.2) is 60.4 Å². The van der Waals surface area contributed by atoms with Gasteiger partial charge in [0.05, 0.1) is 33.9 Å². The molecular formula is C27H26N6O2S. The summed E-state index contributed by atoms with van der Waals surface area (Å²) < 4.78 is 1.97. The number of aryl methyl sites for hydroxylation is 2. The second kappa shape index (κ2) is 10.2. The van der Waals surface area contributed by atoms with Crippen molar-refractivity contribution in [1.29, 1.82) is 0 Å². The van der Waals surface area contributed by atoms with Gasteiger partial charge in [0.25, 0.3) is 0 Å². The molecular weight excluding hydrogens is 472 g/mol. The van der Waals surface area contributed by atoms with Gasteiger partial charge in [-0.1, -0.05) is 34.7 Å². The average molecular weight is 499 g/mol. The summed E-state index contributed by atoms with van der Waals surface area (Å²) in [5, 5.41) is 12.4. The number of pyridine rings is 1. The van der Waals surface area contributed by atoms with Crippen molar-refractivity contribution in [2.75, 3.05) is 12.4 Å². The first-order valence-corrected chi connectivity index (χ1v) is 12.5. The largest absolute Gasteiger partial charge is 0.399 e. The average Bonchev–Trinajstić information content (AvgIpc) is 3.47. The molecule has 0 aliphatic heterocycles. The predicted molar refractivity (Wildman–Crippen MR) is 143 cm³/mol. The third-order valence-corrected chi connectivity index (χ3v) is 6.96. The van der Waals surface area contributed by atoms with E-state index in [9.17, 15) is 4.79 Å². The van der Waals surface area contributed by atoms with Gasteiger partial charge >= 0.3 is 0 Å². The van der Waals surface area contributed by atoms with Crippen molar-refractivity contribution in [2.24, 2.45) is 5.16 Å². The quantitative estimate of drug-likeness (QED) is 0.204. The molecule has 0 spiro atoms. The molecule has 1 aromatic carbocycles. The predicted octanol–water partition coefficient (Wildman–Crippen LogP) is 5.21. The first-order valence-electron chi connectivity index (χ1n) is 11.7. The van der Waals surface area contributed by atoms with E-state index in [4.69, 9.17) is 9.94 Å². The Balaban J connectivity index is 1.62. The Bertz CT molecular complexity index is 1430. The van der Waals surface area contributed by atoms with Crippen molar-refractivity contribution in [3.8, 4) is 27.5 Å². The Morgan fingerprint density at radius 2 is 2.08 bits per heavy atom. The summed E-state index contributed by atoms with van der Waals surface area (Å²) in [7, 11) is 1.52. The lowest BCUT2D eigenvalue weighted by molar-refractivity contribution is -0.114. The highest BCUT2D eigenvalue weighted by Gasteiger charge is 2.30. The van der Waals surface area contributed by atoms with Gasteiger partial charge in [-0.25, -0.2) is 9.67 Å². The number of benzene rings is 1. The summed E-state index contributed by atoms with van der Waals surface area (Å²) in [6, 6.07) is 12.1. The molecule has 0 fully saturated rings. The highest BCUT2D eigenvalue weighted by Crippen LogP contribution is 2.44. The number of amides is 1. The van der Waals surface area contributed by atoms with E-state index in [1.807, 2.05) is 41.2 Å². The minimum Gasteiger partial charge on any atom is -0.399 e. The summed E-state index contributed by atoms with van der Waals surface area (Å²) in [5.41, 5.74) is 7.91. The molecule has 1 N–H and O–H groups in total. The minimum atomic E-state index is -0.133. The van der Waals surface area contributed by atoms with Gasteiger partial charge in [0.15, 0.2) is 5.13 Å². The van der Waals surface area contributed by atoms with Crippen LogP contribution in [-0.4, -0.2) is 39.0 Å². The van der Waals surface area contributed by atoms with Crippen LogP contribution in [0.1, 0.15) is 35.9 Å². The molecule has 1 aliphatic carbocycles. The van der Waals surface area contributed by atoms with E-state index in [1.54, 1.807) is 6.21 Å². The number of anilines is 1. The fourth-order valence-electron chi connectivity index (χ4n) is 4.27. The number of hydrogen-bond donors (Lipinski definition) is 1. The van der Waals surface area contributed by atoms with Crippen LogP contribution in [0, 0.1) is 0 Å². The van der Waals surface area contributed by atoms with Crippen molar-refractivity contribution >= 4 is 28.6 Å². The zero-order valence-corrected chi connectivity index (χ0v) is 21.0. The van der Waals surface area contributed by atoms with E-state index < -0.39 is 0 Å².